The van der Waals surface area contributed by atoms with E-state index in [0.29, 0.717) is 0 Å². The van der Waals surface area contributed by atoms with Crippen LogP contribution in [0.4, 0.5) is 4.79 Å². The predicted octanol–water partition coefficient (Wildman–Crippen LogP) is -1.41. The SMILES string of the molecule is CNC(=O)NC(=O)CSC[C@H](N)C(=O)O. The fourth-order valence-electron chi connectivity index (χ4n) is 0.575. The van der Waals surface area contributed by atoms with E-state index in [9.17, 15) is 14.4 Å². The molecule has 15 heavy (non-hydrogen) atoms. The number of thioether (sulfide) groups is 1. The monoisotopic (exact) mass is 235 g/mol. The summed E-state index contributed by atoms with van der Waals surface area (Å²) in [5.74, 6) is -1.49. The number of carboxylic acids is 1. The van der Waals surface area contributed by atoms with Crippen LogP contribution < -0.4 is 16.4 Å². The van der Waals surface area contributed by atoms with Crippen LogP contribution >= 0.6 is 11.8 Å². The van der Waals surface area contributed by atoms with Crippen molar-refractivity contribution in [3.8, 4) is 0 Å². The minimum absolute atomic E-state index is 0.00556. The van der Waals surface area contributed by atoms with Crippen LogP contribution in [0.3, 0.4) is 0 Å². The van der Waals surface area contributed by atoms with Crippen LogP contribution in [0.15, 0.2) is 0 Å². The molecule has 0 rings (SSSR count). The molecule has 8 heteroatoms. The molecule has 0 heterocycles. The van der Waals surface area contributed by atoms with Gasteiger partial charge in [-0.15, -0.1) is 11.8 Å². The number of nitrogens with two attached hydrogens (primary N) is 1. The van der Waals surface area contributed by atoms with E-state index in [-0.39, 0.29) is 11.5 Å². The van der Waals surface area contributed by atoms with E-state index < -0.39 is 23.9 Å². The maximum atomic E-state index is 11.0. The molecule has 1 atom stereocenters. The summed E-state index contributed by atoms with van der Waals surface area (Å²) in [6.45, 7) is 0. The number of hydrogen-bond acceptors (Lipinski definition) is 5. The van der Waals surface area contributed by atoms with Gasteiger partial charge in [0, 0.05) is 12.8 Å². The van der Waals surface area contributed by atoms with Crippen molar-refractivity contribution in [2.75, 3.05) is 18.6 Å². The highest BCUT2D eigenvalue weighted by molar-refractivity contribution is 8.00. The lowest BCUT2D eigenvalue weighted by Crippen LogP contribution is -2.39. The van der Waals surface area contributed by atoms with Crippen LogP contribution in [0.5, 0.6) is 0 Å². The molecule has 3 amide bonds. The van der Waals surface area contributed by atoms with E-state index in [1.54, 1.807) is 0 Å². The molecule has 0 aromatic rings. The highest BCUT2D eigenvalue weighted by atomic mass is 32.2. The summed E-state index contributed by atoms with van der Waals surface area (Å²) < 4.78 is 0. The van der Waals surface area contributed by atoms with Gasteiger partial charge in [-0.1, -0.05) is 0 Å². The Balaban J connectivity index is 3.64. The second-order valence-corrected chi connectivity index (χ2v) is 3.62. The second kappa shape index (κ2) is 7.07. The van der Waals surface area contributed by atoms with Gasteiger partial charge in [0.05, 0.1) is 5.75 Å². The zero-order valence-electron chi connectivity index (χ0n) is 8.15. The Hall–Kier alpha value is -1.28. The molecular formula is C7H13N3O4S. The number of hydrogen-bond donors (Lipinski definition) is 4. The number of urea groups is 1. The van der Waals surface area contributed by atoms with Gasteiger partial charge in [0.25, 0.3) is 0 Å². The number of rotatable bonds is 5. The number of nitrogens with one attached hydrogen (secondary N) is 2. The lowest BCUT2D eigenvalue weighted by atomic mass is 10.4. The van der Waals surface area contributed by atoms with Crippen LogP contribution in [0, 0.1) is 0 Å². The zero-order chi connectivity index (χ0) is 11.8. The van der Waals surface area contributed by atoms with Gasteiger partial charge in [0.2, 0.25) is 5.91 Å². The van der Waals surface area contributed by atoms with Crippen molar-refractivity contribution >= 4 is 29.7 Å². The van der Waals surface area contributed by atoms with E-state index in [0.717, 1.165) is 11.8 Å². The van der Waals surface area contributed by atoms with Crippen molar-refractivity contribution < 1.29 is 19.5 Å². The first-order valence-corrected chi connectivity index (χ1v) is 5.20. The molecule has 0 aliphatic rings. The minimum atomic E-state index is -1.12. The third kappa shape index (κ3) is 6.75. The number of carbonyl (C=O) groups excluding carboxylic acids is 2. The van der Waals surface area contributed by atoms with Gasteiger partial charge in [-0.25, -0.2) is 4.79 Å². The fraction of sp³-hybridized carbons (Fsp3) is 0.571. The maximum absolute atomic E-state index is 11.0. The standard InChI is InChI=1S/C7H13N3O4S/c1-9-7(14)10-5(11)3-15-2-4(8)6(12)13/h4H,2-3,8H2,1H3,(H,12,13)(H2,9,10,11,14)/t4-/m0/s1. The van der Waals surface area contributed by atoms with Crippen molar-refractivity contribution in [2.24, 2.45) is 5.73 Å². The van der Waals surface area contributed by atoms with Crippen LogP contribution in [-0.2, 0) is 9.59 Å². The Bertz CT molecular complexity index is 259. The van der Waals surface area contributed by atoms with Crippen molar-refractivity contribution in [3.05, 3.63) is 0 Å². The number of aliphatic carboxylic acids is 1. The highest BCUT2D eigenvalue weighted by Crippen LogP contribution is 2.01. The minimum Gasteiger partial charge on any atom is -0.480 e. The van der Waals surface area contributed by atoms with E-state index in [1.807, 2.05) is 5.32 Å². The fourth-order valence-corrected chi connectivity index (χ4v) is 1.35. The number of carbonyl (C=O) groups is 3. The molecule has 86 valence electrons. The van der Waals surface area contributed by atoms with Gasteiger partial charge in [-0.05, 0) is 0 Å². The van der Waals surface area contributed by atoms with E-state index in [4.69, 9.17) is 10.8 Å². The molecule has 7 nitrogen and oxygen atoms in total. The Morgan fingerprint density at radius 1 is 1.47 bits per heavy atom. The Morgan fingerprint density at radius 2 is 2.07 bits per heavy atom. The number of carboxylic acid groups (broad SMARTS) is 1. The van der Waals surface area contributed by atoms with Gasteiger partial charge in [-0.2, -0.15) is 0 Å². The molecule has 0 saturated heterocycles. The summed E-state index contributed by atoms with van der Waals surface area (Å²) in [5.41, 5.74) is 5.20. The Labute approximate surface area is 90.8 Å². The molecule has 0 bridgehead atoms. The molecule has 5 N–H and O–H groups in total. The van der Waals surface area contributed by atoms with Gasteiger partial charge in [-0.3, -0.25) is 14.9 Å². The first-order valence-electron chi connectivity index (χ1n) is 4.05. The summed E-state index contributed by atoms with van der Waals surface area (Å²) in [6.07, 6.45) is 0. The first-order chi connectivity index (χ1) is 6.97. The van der Waals surface area contributed by atoms with Crippen molar-refractivity contribution in [1.82, 2.24) is 10.6 Å². The molecule has 0 saturated carbocycles. The molecule has 0 spiro atoms. The van der Waals surface area contributed by atoms with Crippen LogP contribution in [0.2, 0.25) is 0 Å². The van der Waals surface area contributed by atoms with Gasteiger partial charge >= 0.3 is 12.0 Å². The maximum Gasteiger partial charge on any atom is 0.321 e. The number of amides is 3. The van der Waals surface area contributed by atoms with Crippen molar-refractivity contribution in [3.63, 3.8) is 0 Å². The van der Waals surface area contributed by atoms with Crippen LogP contribution in [-0.4, -0.2) is 47.6 Å². The average Bonchev–Trinajstić information content (AvgIpc) is 2.17. The third-order valence-corrected chi connectivity index (χ3v) is 2.39. The van der Waals surface area contributed by atoms with Crippen LogP contribution in [0.25, 0.3) is 0 Å². The van der Waals surface area contributed by atoms with E-state index in [2.05, 4.69) is 5.32 Å². The zero-order valence-corrected chi connectivity index (χ0v) is 8.97. The normalized spacial score (nSPS) is 11.6. The molecular weight excluding hydrogens is 222 g/mol. The smallest absolute Gasteiger partial charge is 0.321 e. The van der Waals surface area contributed by atoms with Crippen molar-refractivity contribution in [1.29, 1.82) is 0 Å². The molecule has 0 fully saturated rings. The van der Waals surface area contributed by atoms with Crippen LogP contribution in [0.1, 0.15) is 0 Å². The second-order valence-electron chi connectivity index (χ2n) is 2.59. The lowest BCUT2D eigenvalue weighted by molar-refractivity contribution is -0.138. The number of imide groups is 1. The molecule has 0 aliphatic carbocycles. The largest absolute Gasteiger partial charge is 0.480 e. The third-order valence-electron chi connectivity index (χ3n) is 1.33. The predicted molar refractivity (Wildman–Crippen MR) is 55.5 cm³/mol. The summed E-state index contributed by atoms with van der Waals surface area (Å²) in [4.78, 5) is 31.9. The Kier molecular flexibility index (Phi) is 6.47. The Morgan fingerprint density at radius 3 is 2.53 bits per heavy atom. The topological polar surface area (TPSA) is 122 Å². The van der Waals surface area contributed by atoms with Gasteiger partial charge in [0.1, 0.15) is 6.04 Å². The average molecular weight is 235 g/mol. The van der Waals surface area contributed by atoms with Gasteiger partial charge in [0.15, 0.2) is 0 Å². The van der Waals surface area contributed by atoms with Crippen molar-refractivity contribution in [2.45, 2.75) is 6.04 Å². The molecule has 0 unspecified atom stereocenters. The van der Waals surface area contributed by atoms with E-state index >= 15 is 0 Å². The molecule has 0 aromatic heterocycles. The van der Waals surface area contributed by atoms with E-state index in [1.165, 1.54) is 7.05 Å². The van der Waals surface area contributed by atoms with Gasteiger partial charge < -0.3 is 16.2 Å². The summed E-state index contributed by atoms with van der Waals surface area (Å²) >= 11 is 1.05. The molecule has 0 aliphatic heterocycles. The molecule has 0 aromatic carbocycles. The molecule has 0 radical (unpaired) electrons. The lowest BCUT2D eigenvalue weighted by Gasteiger charge is -2.05. The summed E-state index contributed by atoms with van der Waals surface area (Å²) in [7, 11) is 1.39. The summed E-state index contributed by atoms with van der Waals surface area (Å²) in [5, 5.41) is 12.7. The first kappa shape index (κ1) is 13.7. The quantitative estimate of drug-likeness (QED) is 0.464. The summed E-state index contributed by atoms with van der Waals surface area (Å²) in [6, 6.07) is -1.59. The highest BCUT2D eigenvalue weighted by Gasteiger charge is 2.12.